The average molecular weight is 2000 g/mol. The SMILES string of the molecule is C[C@H](NC(=O)[C@H](C)NC(=O)[C@H](C)NC(=O)[C@H](C)NC(=O)[C@H](C)NC(=O)[C@@H]1CCC2CS[C@@H]3C[C@H](C(=O)N21)N(C(=O)[C@@H](N)CCC(=O)O)C3)C(=O)N[C@@H](C)C(=O)N[C@@H](C)C(=O)N[C@@H](C)C(=O)N[C@@H](CC(C)(C)C)C(=O)N1CCC(C(=O)N2CCC(C(=O)N[C@@H](CCCCN)C(=O)N[C@@H](CCCCN)C(=O)N[C@@H](CCCCN)C(=O)N[C@@H](CCCCN)C(=O)N[C@@H](Cc3c[nH]c4ccccc34)C(N)=O)CC2)CC1. The van der Waals surface area contributed by atoms with Crippen LogP contribution in [0.15, 0.2) is 30.5 Å². The third-order valence-electron chi connectivity index (χ3n) is 26.3. The molecule has 28 N–H and O–H groups in total. The van der Waals surface area contributed by atoms with E-state index >= 15 is 0 Å². The van der Waals surface area contributed by atoms with E-state index in [1.807, 2.05) is 45.0 Å². The molecule has 6 heterocycles. The number of nitrogens with zero attached hydrogens (tertiary/aromatic N) is 4. The highest BCUT2D eigenvalue weighted by Crippen LogP contribution is 2.39. The molecule has 0 spiro atoms. The van der Waals surface area contributed by atoms with Crippen LogP contribution < -0.4 is 109 Å². The van der Waals surface area contributed by atoms with E-state index in [9.17, 15) is 95.9 Å². The lowest BCUT2D eigenvalue weighted by Gasteiger charge is -2.38. The number of fused-ring (bicyclic) bond motifs is 4. The Morgan fingerprint density at radius 3 is 1.24 bits per heavy atom. The van der Waals surface area contributed by atoms with E-state index in [4.69, 9.17) is 39.5 Å². The molecule has 19 atom stereocenters. The van der Waals surface area contributed by atoms with Gasteiger partial charge in [0.05, 0.1) is 6.04 Å². The molecular weight excluding hydrogens is 1850 g/mol. The van der Waals surface area contributed by atoms with Crippen LogP contribution in [0.25, 0.3) is 10.9 Å². The first-order valence-corrected chi connectivity index (χ1v) is 50.4. The number of aromatic nitrogens is 1. The van der Waals surface area contributed by atoms with Crippen molar-refractivity contribution in [3.63, 3.8) is 0 Å². The van der Waals surface area contributed by atoms with Crippen LogP contribution >= 0.6 is 11.8 Å². The maximum absolute atomic E-state index is 14.5. The molecule has 0 saturated carbocycles. The Balaban J connectivity index is 0.821. The van der Waals surface area contributed by atoms with Crippen LogP contribution in [-0.2, 0) is 102 Å². The second-order valence-electron chi connectivity index (χ2n) is 39.0. The number of carboxylic acids is 1. The number of rotatable bonds is 54. The Labute approximate surface area is 827 Å². The van der Waals surface area contributed by atoms with Gasteiger partial charge in [0, 0.05) is 91.5 Å². The number of benzene rings is 1. The van der Waals surface area contributed by atoms with Crippen LogP contribution in [-0.4, -0.2) is 327 Å². The average Bonchev–Trinajstić information content (AvgIpc) is 1.61. The number of thioether (sulfide) groups is 1. The number of hydrogen-bond acceptors (Lipinski definition) is 26. The summed E-state index contributed by atoms with van der Waals surface area (Å²) < 4.78 is 0. The van der Waals surface area contributed by atoms with E-state index in [0.717, 1.165) is 16.5 Å². The van der Waals surface area contributed by atoms with Gasteiger partial charge in [-0.3, -0.25) is 95.9 Å². The number of para-hydroxylation sites is 1. The lowest BCUT2D eigenvalue weighted by Crippen LogP contribution is -2.59. The predicted molar refractivity (Wildman–Crippen MR) is 523 cm³/mol. The molecule has 1 aromatic carbocycles. The highest BCUT2D eigenvalue weighted by Gasteiger charge is 2.52. The second kappa shape index (κ2) is 56.2. The van der Waals surface area contributed by atoms with Gasteiger partial charge in [0.2, 0.25) is 112 Å². The Kier molecular flexibility index (Phi) is 46.4. The van der Waals surface area contributed by atoms with Gasteiger partial charge in [-0.05, 0) is 233 Å². The molecule has 1 aromatic heterocycles. The molecule has 5 aliphatic heterocycles. The topological polar surface area (TPSA) is 715 Å². The number of amides is 19. The number of primary amides is 1. The van der Waals surface area contributed by atoms with Crippen LogP contribution in [0.2, 0.25) is 0 Å². The Morgan fingerprint density at radius 2 is 0.830 bits per heavy atom. The summed E-state index contributed by atoms with van der Waals surface area (Å²) in [5, 5.41) is 46.7. The van der Waals surface area contributed by atoms with Crippen LogP contribution in [0.3, 0.4) is 0 Å². The van der Waals surface area contributed by atoms with Gasteiger partial charge in [-0.15, -0.1) is 0 Å². The molecule has 0 radical (unpaired) electrons. The predicted octanol–water partition coefficient (Wildman–Crippen LogP) is -4.16. The quantitative estimate of drug-likeness (QED) is 0.0280. The number of unbranched alkanes of at least 4 members (excludes halogenated alkanes) is 4. The summed E-state index contributed by atoms with van der Waals surface area (Å²) in [7, 11) is 0. The molecular formula is C94H153N25O21S. The standard InChI is InChI=1S/C94H153N25O21S/c1-50(103-78(125)52(3)105-80(127)54(5)107-82(129)56(7)109-89(136)72-30-28-61-49-141-62-45-73(93(140)119(61)72)118(48-62)91(138)64(99)29-31-74(120)121)76(123)102-51(2)77(124)104-53(4)79(126)106-55(6)81(128)108-57(8)83(130)115-71(46-94(9,10)11)92(139)117-42-34-59(35-43-117)90(137)116-40-32-58(33-41-116)84(131)110-66(24-14-18-36-95)85(132)111-67(25-15-19-37-96)86(133)112-68(26-16-20-38-97)87(134)113-69(27-17-21-39-98)88(135)114-70(75(100)122)44-60-47-101-65-23-13-12-22-63(60)65/h12-13,22-23,47,50-59,61-62,64,66-73,101H,14-21,24-46,48-49,95-99H2,1-11H3,(H2,100,122)(H,102,123)(H,103,125)(H,104,124)(H,105,127)(H,106,126)(H,107,129)(H,108,128)(H,109,136)(H,110,131)(H,111,132)(H,112,133)(H,113,134)(H,114,135)(H,115,130)(H,120,121)/t50-,51-,52-,53-,54-,55-,56-,57-,61?,62+,64-,66-,67-,68-,69-,70-,71-,72-,73+/m0/s1. The molecule has 47 heteroatoms. The van der Waals surface area contributed by atoms with Crippen molar-refractivity contribution in [2.45, 2.75) is 338 Å². The minimum absolute atomic E-state index is 0.0575. The van der Waals surface area contributed by atoms with Gasteiger partial charge in [0.25, 0.3) is 0 Å². The summed E-state index contributed by atoms with van der Waals surface area (Å²) in [6.07, 6.45) is 7.86. The Hall–Kier alpha value is -11.7. The lowest BCUT2D eigenvalue weighted by atomic mass is 9.86. The summed E-state index contributed by atoms with van der Waals surface area (Å²) in [5.74, 6) is -14.3. The molecule has 46 nitrogen and oxygen atoms in total. The third-order valence-corrected chi connectivity index (χ3v) is 27.7. The second-order valence-corrected chi connectivity index (χ2v) is 40.3. The summed E-state index contributed by atoms with van der Waals surface area (Å²) in [6.45, 7) is 18.5. The van der Waals surface area contributed by atoms with Gasteiger partial charge in [-0.25, -0.2) is 0 Å². The molecule has 1 unspecified atom stereocenters. The summed E-state index contributed by atoms with van der Waals surface area (Å²) in [5.41, 5.74) is 36.4. The zero-order valence-electron chi connectivity index (χ0n) is 83.1. The lowest BCUT2D eigenvalue weighted by molar-refractivity contribution is -0.149. The molecule has 0 aliphatic carbocycles. The third kappa shape index (κ3) is 35.4. The van der Waals surface area contributed by atoms with Gasteiger partial charge in [0.15, 0.2) is 0 Å². The van der Waals surface area contributed by atoms with Crippen LogP contribution in [0.1, 0.15) is 223 Å². The fraction of sp³-hybridized carbons (Fsp3) is 0.702. The fourth-order valence-corrected chi connectivity index (χ4v) is 19.1. The first kappa shape index (κ1) is 116. The van der Waals surface area contributed by atoms with E-state index in [-0.39, 0.29) is 134 Å². The van der Waals surface area contributed by atoms with Crippen molar-refractivity contribution in [3.05, 3.63) is 36.0 Å². The number of carbonyl (C=O) groups is 20. The van der Waals surface area contributed by atoms with E-state index in [1.165, 1.54) is 65.2 Å². The number of hydrogen-bond donors (Lipinski definition) is 22. The molecule has 2 bridgehead atoms. The molecule has 786 valence electrons. The maximum Gasteiger partial charge on any atom is 0.303 e. The molecule has 2 aromatic rings. The van der Waals surface area contributed by atoms with Crippen molar-refractivity contribution in [3.8, 4) is 0 Å². The first-order chi connectivity index (χ1) is 66.7. The van der Waals surface area contributed by atoms with Gasteiger partial charge >= 0.3 is 5.97 Å². The smallest absolute Gasteiger partial charge is 0.303 e. The number of carboxylic acid groups (broad SMARTS) is 1. The van der Waals surface area contributed by atoms with Crippen molar-refractivity contribution in [1.29, 1.82) is 0 Å². The van der Waals surface area contributed by atoms with Crippen molar-refractivity contribution in [2.75, 3.05) is 64.7 Å². The Bertz CT molecular complexity index is 4690. The largest absolute Gasteiger partial charge is 0.481 e. The van der Waals surface area contributed by atoms with Crippen molar-refractivity contribution in [1.82, 2.24) is 99.0 Å². The van der Waals surface area contributed by atoms with Crippen molar-refractivity contribution in [2.24, 2.45) is 51.7 Å². The number of H-pyrrole nitrogens is 1. The number of nitrogens with two attached hydrogens (primary N) is 6. The van der Waals surface area contributed by atoms with Crippen LogP contribution in [0.5, 0.6) is 0 Å². The molecule has 19 amide bonds. The Morgan fingerprint density at radius 1 is 0.447 bits per heavy atom. The summed E-state index contributed by atoms with van der Waals surface area (Å²) in [6, 6.07) is -13.0. The number of nitrogens with one attached hydrogen (secondary N) is 15. The summed E-state index contributed by atoms with van der Waals surface area (Å²) >= 11 is 1.57. The first-order valence-electron chi connectivity index (χ1n) is 49.4. The van der Waals surface area contributed by atoms with Gasteiger partial charge in [-0.1, -0.05) is 39.0 Å². The molecule has 5 saturated heterocycles. The van der Waals surface area contributed by atoms with E-state index < -0.39 is 232 Å². The monoisotopic (exact) mass is 2000 g/mol. The zero-order valence-corrected chi connectivity index (χ0v) is 83.9. The van der Waals surface area contributed by atoms with Crippen LogP contribution in [0.4, 0.5) is 0 Å². The van der Waals surface area contributed by atoms with Gasteiger partial charge in [-0.2, -0.15) is 11.8 Å². The molecule has 141 heavy (non-hydrogen) atoms. The molecule has 7 rings (SSSR count). The molecule has 5 fully saturated rings. The van der Waals surface area contributed by atoms with Crippen LogP contribution in [0, 0.1) is 17.3 Å². The normalized spacial score (nSPS) is 19.9. The number of likely N-dealkylation sites (tertiary alicyclic amines) is 3. The van der Waals surface area contributed by atoms with E-state index in [2.05, 4.69) is 79.4 Å². The molecule has 5 aliphatic rings. The fourth-order valence-electron chi connectivity index (χ4n) is 17.7. The number of aromatic amines is 1. The highest BCUT2D eigenvalue weighted by atomic mass is 32.2. The summed E-state index contributed by atoms with van der Waals surface area (Å²) in [4.78, 5) is 283. The maximum atomic E-state index is 14.5. The van der Waals surface area contributed by atoms with E-state index in [1.54, 1.807) is 27.8 Å². The number of carbonyl (C=O) groups excluding carboxylic acids is 19. The van der Waals surface area contributed by atoms with Gasteiger partial charge < -0.3 is 139 Å². The zero-order chi connectivity index (χ0) is 104. The van der Waals surface area contributed by atoms with Gasteiger partial charge in [0.1, 0.15) is 96.7 Å². The number of piperidine rings is 2. The highest BCUT2D eigenvalue weighted by molar-refractivity contribution is 8.00. The van der Waals surface area contributed by atoms with Crippen molar-refractivity contribution >= 4 is 141 Å². The van der Waals surface area contributed by atoms with Crippen molar-refractivity contribution < 1.29 is 101 Å². The minimum Gasteiger partial charge on any atom is -0.481 e. The van der Waals surface area contributed by atoms with E-state index in [0.29, 0.717) is 95.9 Å². The number of aliphatic carboxylic acids is 1. The minimum atomic E-state index is -1.29.